The van der Waals surface area contributed by atoms with Crippen LogP contribution in [-0.2, 0) is 0 Å². The predicted octanol–water partition coefficient (Wildman–Crippen LogP) is 2.80. The van der Waals surface area contributed by atoms with Crippen LogP contribution in [0.1, 0.15) is 41.5 Å². The summed E-state index contributed by atoms with van der Waals surface area (Å²) in [6.45, 7) is 14.2. The maximum Gasteiger partial charge on any atom is 0.231 e. The fourth-order valence-electron chi connectivity index (χ4n) is 2.17. The van der Waals surface area contributed by atoms with E-state index in [1.165, 1.54) is 0 Å². The first kappa shape index (κ1) is 11.0. The average molecular weight is 155 g/mol. The van der Waals surface area contributed by atoms with Crippen LogP contribution in [0.3, 0.4) is 0 Å². The molecule has 0 saturated heterocycles. The highest BCUT2D eigenvalue weighted by atomic mass is 14.7. The zero-order chi connectivity index (χ0) is 9.28. The maximum atomic E-state index is 3.38. The summed E-state index contributed by atoms with van der Waals surface area (Å²) < 4.78 is 0. The highest BCUT2D eigenvalue weighted by Crippen LogP contribution is 2.39. The largest absolute Gasteiger partial charge is 0.358 e. The molecule has 66 valence electrons. The van der Waals surface area contributed by atoms with Crippen LogP contribution in [0.4, 0.5) is 0 Å². The molecule has 0 aromatic rings. The van der Waals surface area contributed by atoms with Crippen LogP contribution < -0.4 is 5.23 Å². The van der Waals surface area contributed by atoms with E-state index in [1.807, 2.05) is 7.05 Å². The molecule has 0 rings (SSSR count). The van der Waals surface area contributed by atoms with E-state index >= 15 is 0 Å². The summed E-state index contributed by atoms with van der Waals surface area (Å²) in [5, 5.41) is 4.06. The van der Waals surface area contributed by atoms with Gasteiger partial charge < -0.3 is 5.23 Å². The summed E-state index contributed by atoms with van der Waals surface area (Å²) >= 11 is 0. The van der Waals surface area contributed by atoms with E-state index in [0.29, 0.717) is 17.5 Å². The monoisotopic (exact) mass is 155 g/mol. The second-order valence-corrected chi connectivity index (χ2v) is 5.45. The van der Waals surface area contributed by atoms with E-state index in [0.717, 1.165) is 0 Å². The molecule has 0 amide bonds. The average Bonchev–Trinajstić information content (AvgIpc) is 1.56. The van der Waals surface area contributed by atoms with Gasteiger partial charge in [-0.25, -0.2) is 0 Å². The Bertz CT molecular complexity index is 105. The molecule has 0 aliphatic carbocycles. The van der Waals surface area contributed by atoms with E-state index in [4.69, 9.17) is 0 Å². The van der Waals surface area contributed by atoms with Crippen LogP contribution in [0.5, 0.6) is 0 Å². The molecule has 0 atom stereocenters. The molecule has 11 heavy (non-hydrogen) atoms. The van der Waals surface area contributed by atoms with Crippen LogP contribution in [-0.4, -0.2) is 13.9 Å². The summed E-state index contributed by atoms with van der Waals surface area (Å²) in [5.74, 6) is 0. The summed E-state index contributed by atoms with van der Waals surface area (Å²) in [6, 6.07) is 0. The van der Waals surface area contributed by atoms with Gasteiger partial charge in [0.25, 0.3) is 0 Å². The Hall–Kier alpha value is 0.0249. The molecule has 0 aliphatic rings. The Balaban J connectivity index is 4.43. The Kier molecular flexibility index (Phi) is 3.19. The van der Waals surface area contributed by atoms with Gasteiger partial charge in [0.2, 0.25) is 6.85 Å². The second-order valence-electron chi connectivity index (χ2n) is 5.45. The molecule has 0 spiro atoms. The van der Waals surface area contributed by atoms with Crippen molar-refractivity contribution in [1.29, 1.82) is 0 Å². The highest BCUT2D eigenvalue weighted by molar-refractivity contribution is 6.62. The molecule has 0 aromatic heterocycles. The van der Waals surface area contributed by atoms with Crippen LogP contribution in [0.2, 0.25) is 10.6 Å². The van der Waals surface area contributed by atoms with Gasteiger partial charge in [0.05, 0.1) is 0 Å². The molecule has 0 saturated carbocycles. The lowest BCUT2D eigenvalue weighted by molar-refractivity contribution is 0.624. The fourth-order valence-corrected chi connectivity index (χ4v) is 2.17. The van der Waals surface area contributed by atoms with Gasteiger partial charge in [-0.15, -0.1) is 0 Å². The standard InChI is InChI=1S/C9H22BN/c1-8(2,3)10(11-7)9(4,5)6/h11H,1-7H3. The summed E-state index contributed by atoms with van der Waals surface area (Å²) in [6.07, 6.45) is 0. The molecule has 0 bridgehead atoms. The molecule has 0 aliphatic heterocycles. The van der Waals surface area contributed by atoms with E-state index in [-0.39, 0.29) is 0 Å². The van der Waals surface area contributed by atoms with Crippen molar-refractivity contribution in [3.63, 3.8) is 0 Å². The third-order valence-electron chi connectivity index (χ3n) is 2.02. The van der Waals surface area contributed by atoms with Gasteiger partial charge in [0.15, 0.2) is 0 Å². The first-order valence-electron chi connectivity index (χ1n) is 4.37. The lowest BCUT2D eigenvalue weighted by atomic mass is 9.32. The molecular weight excluding hydrogens is 133 g/mol. The number of hydrogen-bond acceptors (Lipinski definition) is 1. The maximum absolute atomic E-state index is 3.38. The Morgan fingerprint density at radius 2 is 1.09 bits per heavy atom. The molecule has 0 aromatic carbocycles. The number of hydrogen-bond donors (Lipinski definition) is 1. The van der Waals surface area contributed by atoms with Crippen molar-refractivity contribution in [2.75, 3.05) is 7.05 Å². The smallest absolute Gasteiger partial charge is 0.231 e. The number of rotatable bonds is 1. The highest BCUT2D eigenvalue weighted by Gasteiger charge is 2.37. The van der Waals surface area contributed by atoms with Crippen molar-refractivity contribution < 1.29 is 0 Å². The van der Waals surface area contributed by atoms with Crippen molar-refractivity contribution in [2.24, 2.45) is 0 Å². The van der Waals surface area contributed by atoms with Crippen molar-refractivity contribution in [3.8, 4) is 0 Å². The molecule has 1 N–H and O–H groups in total. The minimum Gasteiger partial charge on any atom is -0.358 e. The molecule has 2 heteroatoms. The lowest BCUT2D eigenvalue weighted by Gasteiger charge is -2.36. The molecule has 0 unspecified atom stereocenters. The summed E-state index contributed by atoms with van der Waals surface area (Å²) in [5.41, 5.74) is 0. The molecular formula is C9H22BN. The van der Waals surface area contributed by atoms with Crippen molar-refractivity contribution in [3.05, 3.63) is 0 Å². The summed E-state index contributed by atoms with van der Waals surface area (Å²) in [4.78, 5) is 0. The Labute approximate surface area is 72.1 Å². The van der Waals surface area contributed by atoms with Gasteiger partial charge in [-0.3, -0.25) is 0 Å². The normalized spacial score (nSPS) is 13.4. The van der Waals surface area contributed by atoms with Crippen LogP contribution in [0, 0.1) is 0 Å². The SMILES string of the molecule is CNB(C(C)(C)C)C(C)(C)C. The Morgan fingerprint density at radius 1 is 0.818 bits per heavy atom. The third kappa shape index (κ3) is 3.28. The van der Waals surface area contributed by atoms with Gasteiger partial charge in [-0.2, -0.15) is 0 Å². The van der Waals surface area contributed by atoms with Gasteiger partial charge in [0.1, 0.15) is 0 Å². The van der Waals surface area contributed by atoms with Gasteiger partial charge in [-0.05, 0) is 17.7 Å². The van der Waals surface area contributed by atoms with Crippen molar-refractivity contribution in [2.45, 2.75) is 52.2 Å². The quantitative estimate of drug-likeness (QED) is 0.574. The zero-order valence-corrected chi connectivity index (χ0v) is 9.08. The van der Waals surface area contributed by atoms with Gasteiger partial charge in [0, 0.05) is 0 Å². The van der Waals surface area contributed by atoms with Crippen LogP contribution in [0.15, 0.2) is 0 Å². The minimum absolute atomic E-state index is 0.340. The van der Waals surface area contributed by atoms with Crippen LogP contribution in [0.25, 0.3) is 0 Å². The van der Waals surface area contributed by atoms with Crippen LogP contribution >= 0.6 is 0 Å². The first-order chi connectivity index (χ1) is 4.69. The fraction of sp³-hybridized carbons (Fsp3) is 1.00. The Morgan fingerprint density at radius 3 is 1.09 bits per heavy atom. The van der Waals surface area contributed by atoms with Gasteiger partial charge >= 0.3 is 0 Å². The van der Waals surface area contributed by atoms with Gasteiger partial charge in [-0.1, -0.05) is 41.5 Å². The molecule has 0 radical (unpaired) electrons. The van der Waals surface area contributed by atoms with E-state index in [2.05, 4.69) is 46.8 Å². The minimum atomic E-state index is 0.340. The number of nitrogens with one attached hydrogen (secondary N) is 1. The first-order valence-corrected chi connectivity index (χ1v) is 4.37. The predicted molar refractivity (Wildman–Crippen MR) is 54.2 cm³/mol. The molecule has 1 nitrogen and oxygen atoms in total. The van der Waals surface area contributed by atoms with Crippen molar-refractivity contribution >= 4 is 6.85 Å². The molecule has 0 fully saturated rings. The lowest BCUT2D eigenvalue weighted by Crippen LogP contribution is -2.46. The second kappa shape index (κ2) is 3.18. The van der Waals surface area contributed by atoms with Crippen molar-refractivity contribution in [1.82, 2.24) is 5.23 Å². The molecule has 0 heterocycles. The summed E-state index contributed by atoms with van der Waals surface area (Å²) in [7, 11) is 2.04. The van der Waals surface area contributed by atoms with E-state index in [1.54, 1.807) is 0 Å². The van der Waals surface area contributed by atoms with E-state index < -0.39 is 0 Å². The topological polar surface area (TPSA) is 12.0 Å². The van der Waals surface area contributed by atoms with E-state index in [9.17, 15) is 0 Å². The zero-order valence-electron chi connectivity index (χ0n) is 9.08. The third-order valence-corrected chi connectivity index (χ3v) is 2.02.